The number of nitrogens with one attached hydrogen (secondary N) is 1. The largest absolute Gasteiger partial charge is 0.372 e. The number of guanidine groups is 1. The number of ether oxygens (including phenoxy) is 1. The third kappa shape index (κ3) is 5.61. The molecule has 3 N–H and O–H groups in total. The van der Waals surface area contributed by atoms with Crippen LogP contribution >= 0.6 is 0 Å². The van der Waals surface area contributed by atoms with Gasteiger partial charge in [0, 0.05) is 6.54 Å². The second-order valence-corrected chi connectivity index (χ2v) is 6.63. The van der Waals surface area contributed by atoms with Crippen LogP contribution in [0, 0.1) is 5.92 Å². The first-order valence-corrected chi connectivity index (χ1v) is 9.03. The van der Waals surface area contributed by atoms with E-state index in [0.717, 1.165) is 23.6 Å². The molecule has 0 atom stereocenters. The number of hydrogen-bond donors (Lipinski definition) is 2. The highest BCUT2D eigenvalue weighted by Crippen LogP contribution is 2.25. The van der Waals surface area contributed by atoms with Crippen molar-refractivity contribution >= 4 is 5.96 Å². The molecule has 0 amide bonds. The van der Waals surface area contributed by atoms with Crippen LogP contribution in [0.5, 0.6) is 0 Å². The summed E-state index contributed by atoms with van der Waals surface area (Å²) in [6.07, 6.45) is 3.96. The molecule has 1 aliphatic rings. The molecule has 0 heterocycles. The van der Waals surface area contributed by atoms with Crippen molar-refractivity contribution in [2.45, 2.75) is 39.0 Å². The molecule has 132 valence electrons. The number of nitrogens with two attached hydrogens (primary N) is 1. The number of aliphatic imine (C=N–C) groups is 1. The Balaban J connectivity index is 1.49. The van der Waals surface area contributed by atoms with Gasteiger partial charge in [0.2, 0.25) is 0 Å². The highest BCUT2D eigenvalue weighted by Gasteiger charge is 2.16. The van der Waals surface area contributed by atoms with Crippen molar-refractivity contribution in [2.75, 3.05) is 6.54 Å². The number of hydrogen-bond acceptors (Lipinski definition) is 2. The molecule has 4 nitrogen and oxygen atoms in total. The van der Waals surface area contributed by atoms with Crippen molar-refractivity contribution in [1.29, 1.82) is 0 Å². The summed E-state index contributed by atoms with van der Waals surface area (Å²) in [6, 6.07) is 18.5. The van der Waals surface area contributed by atoms with Gasteiger partial charge in [-0.25, -0.2) is 4.99 Å². The molecule has 2 aromatic rings. The van der Waals surface area contributed by atoms with Gasteiger partial charge in [0.05, 0.1) is 19.8 Å². The molecule has 1 aliphatic carbocycles. The smallest absolute Gasteiger partial charge is 0.188 e. The van der Waals surface area contributed by atoms with E-state index in [1.54, 1.807) is 0 Å². The first kappa shape index (κ1) is 17.5. The maximum atomic E-state index is 5.98. The van der Waals surface area contributed by atoms with Gasteiger partial charge in [-0.05, 0) is 35.4 Å². The van der Waals surface area contributed by atoms with Crippen LogP contribution < -0.4 is 11.1 Å². The minimum atomic E-state index is 0.534. The fourth-order valence-electron chi connectivity index (χ4n) is 2.88. The van der Waals surface area contributed by atoms with E-state index < -0.39 is 0 Å². The Morgan fingerprint density at radius 3 is 2.44 bits per heavy atom. The van der Waals surface area contributed by atoms with Crippen molar-refractivity contribution in [3.05, 3.63) is 71.3 Å². The fraction of sp³-hybridized carbons (Fsp3) is 0.381. The van der Waals surface area contributed by atoms with Crippen LogP contribution in [-0.4, -0.2) is 12.5 Å². The summed E-state index contributed by atoms with van der Waals surface area (Å²) in [5, 5.41) is 3.24. The number of nitrogens with zero attached hydrogens (tertiary/aromatic N) is 1. The van der Waals surface area contributed by atoms with Gasteiger partial charge in [-0.3, -0.25) is 0 Å². The Bertz CT molecular complexity index is 681. The summed E-state index contributed by atoms with van der Waals surface area (Å²) in [5.74, 6) is 1.30. The SMILES string of the molecule is NC(=NCc1ccccc1COCc1ccccc1)NCC1CCC1. The van der Waals surface area contributed by atoms with Gasteiger partial charge in [-0.2, -0.15) is 0 Å². The van der Waals surface area contributed by atoms with E-state index in [0.29, 0.717) is 25.7 Å². The average Bonchev–Trinajstić information content (AvgIpc) is 2.60. The second kappa shape index (κ2) is 9.23. The van der Waals surface area contributed by atoms with Gasteiger partial charge < -0.3 is 15.8 Å². The quantitative estimate of drug-likeness (QED) is 0.571. The molecular formula is C21H27N3O. The van der Waals surface area contributed by atoms with E-state index in [1.807, 2.05) is 30.3 Å². The van der Waals surface area contributed by atoms with Crippen LogP contribution in [0.15, 0.2) is 59.6 Å². The molecule has 1 saturated carbocycles. The highest BCUT2D eigenvalue weighted by molar-refractivity contribution is 5.77. The lowest BCUT2D eigenvalue weighted by molar-refractivity contribution is 0.106. The standard InChI is InChI=1S/C21H27N3O/c22-21(23-13-17-9-6-10-17)24-14-19-11-4-5-12-20(19)16-25-15-18-7-2-1-3-8-18/h1-5,7-8,11-12,17H,6,9-10,13-16H2,(H3,22,23,24). The lowest BCUT2D eigenvalue weighted by Crippen LogP contribution is -2.37. The molecule has 0 radical (unpaired) electrons. The Morgan fingerprint density at radius 2 is 1.72 bits per heavy atom. The van der Waals surface area contributed by atoms with Crippen LogP contribution in [0.25, 0.3) is 0 Å². The zero-order chi connectivity index (χ0) is 17.3. The second-order valence-electron chi connectivity index (χ2n) is 6.63. The molecule has 0 unspecified atom stereocenters. The summed E-state index contributed by atoms with van der Waals surface area (Å²) < 4.78 is 5.86. The zero-order valence-corrected chi connectivity index (χ0v) is 14.7. The molecule has 0 spiro atoms. The molecule has 0 aliphatic heterocycles. The summed E-state index contributed by atoms with van der Waals surface area (Å²) in [7, 11) is 0. The van der Waals surface area contributed by atoms with Gasteiger partial charge in [0.1, 0.15) is 0 Å². The Morgan fingerprint density at radius 1 is 1.00 bits per heavy atom. The molecule has 4 heteroatoms. The van der Waals surface area contributed by atoms with E-state index in [9.17, 15) is 0 Å². The van der Waals surface area contributed by atoms with Gasteiger partial charge >= 0.3 is 0 Å². The number of benzene rings is 2. The summed E-state index contributed by atoms with van der Waals surface area (Å²) in [4.78, 5) is 4.48. The van der Waals surface area contributed by atoms with Crippen molar-refractivity contribution in [3.8, 4) is 0 Å². The van der Waals surface area contributed by atoms with Gasteiger partial charge in [-0.15, -0.1) is 0 Å². The molecule has 3 rings (SSSR count). The van der Waals surface area contributed by atoms with Crippen LogP contribution in [0.4, 0.5) is 0 Å². The highest BCUT2D eigenvalue weighted by atomic mass is 16.5. The fourth-order valence-corrected chi connectivity index (χ4v) is 2.88. The topological polar surface area (TPSA) is 59.6 Å². The van der Waals surface area contributed by atoms with Crippen LogP contribution in [0.3, 0.4) is 0 Å². The molecular weight excluding hydrogens is 310 g/mol. The normalized spacial score (nSPS) is 15.0. The Hall–Kier alpha value is -2.33. The van der Waals surface area contributed by atoms with E-state index in [4.69, 9.17) is 10.5 Å². The van der Waals surface area contributed by atoms with Crippen molar-refractivity contribution in [3.63, 3.8) is 0 Å². The Labute approximate surface area is 150 Å². The van der Waals surface area contributed by atoms with E-state index in [2.05, 4.69) is 34.6 Å². The maximum absolute atomic E-state index is 5.98. The molecule has 0 bridgehead atoms. The predicted octanol–water partition coefficient (Wildman–Crippen LogP) is 3.61. The van der Waals surface area contributed by atoms with Crippen LogP contribution in [0.1, 0.15) is 36.0 Å². The van der Waals surface area contributed by atoms with Crippen molar-refractivity contribution in [2.24, 2.45) is 16.6 Å². The van der Waals surface area contributed by atoms with Gasteiger partial charge in [0.15, 0.2) is 5.96 Å². The van der Waals surface area contributed by atoms with Gasteiger partial charge in [0.25, 0.3) is 0 Å². The van der Waals surface area contributed by atoms with Gasteiger partial charge in [-0.1, -0.05) is 61.0 Å². The third-order valence-corrected chi connectivity index (χ3v) is 4.70. The zero-order valence-electron chi connectivity index (χ0n) is 14.7. The summed E-state index contributed by atoms with van der Waals surface area (Å²) in [5.41, 5.74) is 9.48. The summed E-state index contributed by atoms with van der Waals surface area (Å²) in [6.45, 7) is 2.71. The summed E-state index contributed by atoms with van der Waals surface area (Å²) >= 11 is 0. The predicted molar refractivity (Wildman–Crippen MR) is 102 cm³/mol. The molecule has 0 aromatic heterocycles. The third-order valence-electron chi connectivity index (χ3n) is 4.70. The van der Waals surface area contributed by atoms with Crippen molar-refractivity contribution in [1.82, 2.24) is 5.32 Å². The first-order valence-electron chi connectivity index (χ1n) is 9.03. The van der Waals surface area contributed by atoms with E-state index in [-0.39, 0.29) is 0 Å². The molecule has 0 saturated heterocycles. The lowest BCUT2D eigenvalue weighted by atomic mass is 9.85. The van der Waals surface area contributed by atoms with Crippen molar-refractivity contribution < 1.29 is 4.74 Å². The van der Waals surface area contributed by atoms with Crippen LogP contribution in [0.2, 0.25) is 0 Å². The molecule has 25 heavy (non-hydrogen) atoms. The lowest BCUT2D eigenvalue weighted by Gasteiger charge is -2.25. The molecule has 1 fully saturated rings. The first-order chi connectivity index (χ1) is 12.3. The van der Waals surface area contributed by atoms with E-state index >= 15 is 0 Å². The monoisotopic (exact) mass is 337 g/mol. The average molecular weight is 337 g/mol. The minimum absolute atomic E-state index is 0.534. The van der Waals surface area contributed by atoms with E-state index in [1.165, 1.54) is 24.8 Å². The molecule has 2 aromatic carbocycles. The minimum Gasteiger partial charge on any atom is -0.372 e. The maximum Gasteiger partial charge on any atom is 0.188 e. The van der Waals surface area contributed by atoms with Crippen LogP contribution in [-0.2, 0) is 24.5 Å². The number of rotatable bonds is 8. The Kier molecular flexibility index (Phi) is 6.46.